The van der Waals surface area contributed by atoms with Crippen molar-refractivity contribution in [1.82, 2.24) is 4.90 Å². The van der Waals surface area contributed by atoms with E-state index < -0.39 is 0 Å². The third-order valence-corrected chi connectivity index (χ3v) is 4.46. The van der Waals surface area contributed by atoms with Crippen molar-refractivity contribution in [3.63, 3.8) is 0 Å². The topological polar surface area (TPSA) is 70.7 Å². The summed E-state index contributed by atoms with van der Waals surface area (Å²) in [5.41, 5.74) is 2.08. The summed E-state index contributed by atoms with van der Waals surface area (Å²) >= 11 is 0. The van der Waals surface area contributed by atoms with Crippen LogP contribution in [0.2, 0.25) is 0 Å². The number of benzene rings is 2. The quantitative estimate of drug-likeness (QED) is 0.689. The van der Waals surface area contributed by atoms with E-state index in [0.717, 1.165) is 37.4 Å². The molecule has 6 heteroatoms. The lowest BCUT2D eigenvalue weighted by Crippen LogP contribution is -2.27. The molecule has 1 aliphatic rings. The Hall–Kier alpha value is -3.28. The minimum absolute atomic E-state index is 0.0457. The van der Waals surface area contributed by atoms with Crippen molar-refractivity contribution < 1.29 is 14.3 Å². The number of amides is 2. The molecule has 0 saturated carbocycles. The van der Waals surface area contributed by atoms with Crippen LogP contribution in [0.1, 0.15) is 23.2 Å². The van der Waals surface area contributed by atoms with Gasteiger partial charge in [-0.2, -0.15) is 0 Å². The lowest BCUT2D eigenvalue weighted by Gasteiger charge is -2.16. The maximum atomic E-state index is 12.5. The molecule has 6 nitrogen and oxygen atoms in total. The Kier molecular flexibility index (Phi) is 6.68. The number of anilines is 2. The van der Waals surface area contributed by atoms with E-state index in [-0.39, 0.29) is 18.4 Å². The molecule has 2 aromatic rings. The second kappa shape index (κ2) is 9.60. The average Bonchev–Trinajstić information content (AvgIpc) is 3.26. The van der Waals surface area contributed by atoms with Crippen LogP contribution in [-0.2, 0) is 4.79 Å². The highest BCUT2D eigenvalue weighted by molar-refractivity contribution is 5.96. The Morgan fingerprint density at radius 3 is 2.54 bits per heavy atom. The molecule has 3 rings (SSSR count). The number of hydrogen-bond acceptors (Lipinski definition) is 4. The van der Waals surface area contributed by atoms with Crippen LogP contribution in [0.15, 0.2) is 61.2 Å². The van der Waals surface area contributed by atoms with Crippen molar-refractivity contribution in [3.05, 3.63) is 66.7 Å². The first-order valence-corrected chi connectivity index (χ1v) is 9.42. The largest absolute Gasteiger partial charge is 0.490 e. The van der Waals surface area contributed by atoms with Crippen molar-refractivity contribution in [2.24, 2.45) is 0 Å². The predicted molar refractivity (Wildman–Crippen MR) is 111 cm³/mol. The first-order chi connectivity index (χ1) is 13.7. The normalized spacial score (nSPS) is 13.1. The van der Waals surface area contributed by atoms with Gasteiger partial charge >= 0.3 is 0 Å². The maximum Gasteiger partial charge on any atom is 0.253 e. The second-order valence-electron chi connectivity index (χ2n) is 6.61. The number of hydrogen-bond donors (Lipinski definition) is 2. The molecule has 0 atom stereocenters. The molecule has 2 amide bonds. The smallest absolute Gasteiger partial charge is 0.253 e. The summed E-state index contributed by atoms with van der Waals surface area (Å²) in [5.74, 6) is 0.593. The lowest BCUT2D eigenvalue weighted by atomic mass is 10.1. The van der Waals surface area contributed by atoms with Gasteiger partial charge in [0.05, 0.1) is 6.54 Å². The summed E-state index contributed by atoms with van der Waals surface area (Å²) in [4.78, 5) is 26.5. The molecule has 1 aliphatic heterocycles. The van der Waals surface area contributed by atoms with Crippen LogP contribution in [-0.4, -0.2) is 43.0 Å². The van der Waals surface area contributed by atoms with Gasteiger partial charge in [-0.15, -0.1) is 0 Å². The van der Waals surface area contributed by atoms with Gasteiger partial charge in [0.2, 0.25) is 5.91 Å². The zero-order chi connectivity index (χ0) is 19.8. The van der Waals surface area contributed by atoms with E-state index >= 15 is 0 Å². The van der Waals surface area contributed by atoms with E-state index in [0.29, 0.717) is 17.9 Å². The molecule has 0 spiro atoms. The molecule has 0 bridgehead atoms. The number of nitrogens with one attached hydrogen (secondary N) is 2. The Bertz CT molecular complexity index is 827. The fraction of sp³-hybridized carbons (Fsp3) is 0.273. The van der Waals surface area contributed by atoms with Gasteiger partial charge in [-0.05, 0) is 55.3 Å². The molecule has 0 aliphatic carbocycles. The number of likely N-dealkylation sites (tertiary alicyclic amines) is 1. The maximum absolute atomic E-state index is 12.5. The fourth-order valence-corrected chi connectivity index (χ4v) is 3.04. The van der Waals surface area contributed by atoms with E-state index in [4.69, 9.17) is 4.74 Å². The monoisotopic (exact) mass is 379 g/mol. The summed E-state index contributed by atoms with van der Waals surface area (Å²) < 4.78 is 5.41. The van der Waals surface area contributed by atoms with Gasteiger partial charge in [0.15, 0.2) is 0 Å². The van der Waals surface area contributed by atoms with Gasteiger partial charge in [0.1, 0.15) is 12.4 Å². The number of nitrogens with zero attached hydrogens (tertiary/aromatic N) is 1. The Morgan fingerprint density at radius 1 is 1.07 bits per heavy atom. The second-order valence-corrected chi connectivity index (χ2v) is 6.61. The van der Waals surface area contributed by atoms with Crippen molar-refractivity contribution in [2.45, 2.75) is 12.8 Å². The molecule has 2 N–H and O–H groups in total. The Balaban J connectivity index is 1.51. The molecule has 0 unspecified atom stereocenters. The molecular formula is C22H25N3O3. The van der Waals surface area contributed by atoms with Gasteiger partial charge < -0.3 is 20.3 Å². The van der Waals surface area contributed by atoms with Crippen molar-refractivity contribution >= 4 is 23.2 Å². The van der Waals surface area contributed by atoms with Gasteiger partial charge in [0, 0.05) is 30.0 Å². The fourth-order valence-electron chi connectivity index (χ4n) is 3.04. The van der Waals surface area contributed by atoms with Gasteiger partial charge in [0.25, 0.3) is 5.91 Å². The minimum atomic E-state index is -0.170. The van der Waals surface area contributed by atoms with E-state index in [1.165, 1.54) is 0 Å². The molecule has 1 saturated heterocycles. The summed E-state index contributed by atoms with van der Waals surface area (Å²) in [6, 6.07) is 14.4. The highest BCUT2D eigenvalue weighted by atomic mass is 16.5. The Labute approximate surface area is 165 Å². The lowest BCUT2D eigenvalue weighted by molar-refractivity contribution is -0.114. The van der Waals surface area contributed by atoms with Gasteiger partial charge in [-0.1, -0.05) is 18.7 Å². The molecule has 1 fully saturated rings. The third kappa shape index (κ3) is 5.36. The van der Waals surface area contributed by atoms with Gasteiger partial charge in [-0.3, -0.25) is 9.59 Å². The van der Waals surface area contributed by atoms with Crippen LogP contribution in [0, 0.1) is 0 Å². The van der Waals surface area contributed by atoms with Crippen LogP contribution < -0.4 is 15.4 Å². The first-order valence-electron chi connectivity index (χ1n) is 9.42. The van der Waals surface area contributed by atoms with E-state index in [2.05, 4.69) is 17.2 Å². The molecule has 146 valence electrons. The van der Waals surface area contributed by atoms with Crippen molar-refractivity contribution in [3.8, 4) is 5.75 Å². The number of rotatable bonds is 8. The van der Waals surface area contributed by atoms with E-state index in [1.54, 1.807) is 36.4 Å². The summed E-state index contributed by atoms with van der Waals surface area (Å²) in [5, 5.41) is 5.90. The molecular weight excluding hydrogens is 354 g/mol. The van der Waals surface area contributed by atoms with Crippen LogP contribution in [0.25, 0.3) is 0 Å². The zero-order valence-corrected chi connectivity index (χ0v) is 15.8. The highest BCUT2D eigenvalue weighted by Gasteiger charge is 2.19. The van der Waals surface area contributed by atoms with Crippen LogP contribution >= 0.6 is 0 Å². The van der Waals surface area contributed by atoms with Crippen molar-refractivity contribution in [1.29, 1.82) is 0 Å². The van der Waals surface area contributed by atoms with E-state index in [1.807, 2.05) is 23.1 Å². The number of carbonyl (C=O) groups is 2. The SMILES string of the molecule is C=CCOc1ccc(NC(=O)CNc2cccc(C(=O)N3CCCC3)c2)cc1. The number of ether oxygens (including phenoxy) is 1. The van der Waals surface area contributed by atoms with Crippen LogP contribution in [0.5, 0.6) is 5.75 Å². The summed E-state index contributed by atoms with van der Waals surface area (Å²) in [7, 11) is 0. The number of carbonyl (C=O) groups excluding carboxylic acids is 2. The highest BCUT2D eigenvalue weighted by Crippen LogP contribution is 2.17. The predicted octanol–water partition coefficient (Wildman–Crippen LogP) is 3.54. The van der Waals surface area contributed by atoms with Crippen LogP contribution in [0.3, 0.4) is 0 Å². The zero-order valence-electron chi connectivity index (χ0n) is 15.8. The standard InChI is InChI=1S/C22H25N3O3/c1-2-14-28-20-10-8-18(9-11-20)24-21(26)16-23-19-7-5-6-17(15-19)22(27)25-12-3-4-13-25/h2,5-11,15,23H,1,3-4,12-14,16H2,(H,24,26). The first kappa shape index (κ1) is 19.5. The van der Waals surface area contributed by atoms with Crippen molar-refractivity contribution in [2.75, 3.05) is 36.9 Å². The summed E-state index contributed by atoms with van der Waals surface area (Å²) in [6.07, 6.45) is 3.80. The van der Waals surface area contributed by atoms with Crippen LogP contribution in [0.4, 0.5) is 11.4 Å². The molecule has 0 radical (unpaired) electrons. The van der Waals surface area contributed by atoms with Gasteiger partial charge in [-0.25, -0.2) is 0 Å². The van der Waals surface area contributed by atoms with E-state index in [9.17, 15) is 9.59 Å². The third-order valence-electron chi connectivity index (χ3n) is 4.46. The molecule has 0 aromatic heterocycles. The average molecular weight is 379 g/mol. The Morgan fingerprint density at radius 2 is 1.82 bits per heavy atom. The molecule has 1 heterocycles. The minimum Gasteiger partial charge on any atom is -0.490 e. The molecule has 28 heavy (non-hydrogen) atoms. The molecule has 2 aromatic carbocycles. The summed E-state index contributed by atoms with van der Waals surface area (Å²) in [6.45, 7) is 5.78.